The molecule has 2 rings (SSSR count). The van der Waals surface area contributed by atoms with E-state index in [1.807, 2.05) is 24.3 Å². The number of rotatable bonds is 5. The second-order valence-electron chi connectivity index (χ2n) is 4.86. The number of aliphatic hydroxyl groups excluding tert-OH is 1. The van der Waals surface area contributed by atoms with Crippen LogP contribution in [-0.2, 0) is 0 Å². The Morgan fingerprint density at radius 2 is 1.37 bits per heavy atom. The lowest BCUT2D eigenvalue weighted by molar-refractivity contribution is 0.115. The summed E-state index contributed by atoms with van der Waals surface area (Å²) in [4.78, 5) is 2.21. The van der Waals surface area contributed by atoms with Crippen LogP contribution in [-0.4, -0.2) is 23.7 Å². The Labute approximate surface area is 115 Å². The van der Waals surface area contributed by atoms with Gasteiger partial charge in [-0.2, -0.15) is 0 Å². The van der Waals surface area contributed by atoms with Gasteiger partial charge in [0.2, 0.25) is 0 Å². The standard InChI is InChI=1S/C17H21NO/c1-14(15-9-5-3-6-10-15)18(2)17(13-19)16-11-7-4-8-12-16/h3-12,14,17,19H,13H2,1-2H3/t14-,17-/m0/s1. The molecule has 0 saturated heterocycles. The minimum atomic E-state index is 0.0245. The second-order valence-corrected chi connectivity index (χ2v) is 4.86. The number of benzene rings is 2. The van der Waals surface area contributed by atoms with E-state index >= 15 is 0 Å². The second kappa shape index (κ2) is 6.50. The quantitative estimate of drug-likeness (QED) is 0.885. The first-order valence-corrected chi connectivity index (χ1v) is 6.66. The number of aliphatic hydroxyl groups is 1. The zero-order valence-corrected chi connectivity index (χ0v) is 11.5. The Morgan fingerprint density at radius 3 is 1.84 bits per heavy atom. The summed E-state index contributed by atoms with van der Waals surface area (Å²) in [5.41, 5.74) is 2.41. The topological polar surface area (TPSA) is 23.5 Å². The predicted molar refractivity (Wildman–Crippen MR) is 78.9 cm³/mol. The largest absolute Gasteiger partial charge is 0.394 e. The lowest BCUT2D eigenvalue weighted by Gasteiger charge is -2.32. The summed E-state index contributed by atoms with van der Waals surface area (Å²) in [5.74, 6) is 0. The molecule has 0 heterocycles. The van der Waals surface area contributed by atoms with E-state index in [9.17, 15) is 5.11 Å². The number of nitrogens with zero attached hydrogens (tertiary/aromatic N) is 1. The molecule has 2 aromatic carbocycles. The number of hydrogen-bond donors (Lipinski definition) is 1. The Bertz CT molecular complexity index is 483. The third-order valence-corrected chi connectivity index (χ3v) is 3.74. The molecule has 0 aromatic heterocycles. The lowest BCUT2D eigenvalue weighted by Crippen LogP contribution is -2.30. The maximum Gasteiger partial charge on any atom is 0.0628 e. The Morgan fingerprint density at radius 1 is 0.895 bits per heavy atom. The van der Waals surface area contributed by atoms with Crippen LogP contribution < -0.4 is 0 Å². The SMILES string of the molecule is C[C@@H](c1ccccc1)N(C)[C@@H](CO)c1ccccc1. The first kappa shape index (κ1) is 13.8. The fourth-order valence-corrected chi connectivity index (χ4v) is 2.38. The Balaban J connectivity index is 2.20. The van der Waals surface area contributed by atoms with Gasteiger partial charge in [-0.05, 0) is 25.1 Å². The van der Waals surface area contributed by atoms with E-state index in [1.165, 1.54) is 5.56 Å². The van der Waals surface area contributed by atoms with Crippen LogP contribution in [0.3, 0.4) is 0 Å². The molecular formula is C17H21NO. The van der Waals surface area contributed by atoms with Crippen molar-refractivity contribution in [2.75, 3.05) is 13.7 Å². The fourth-order valence-electron chi connectivity index (χ4n) is 2.38. The van der Waals surface area contributed by atoms with Gasteiger partial charge < -0.3 is 5.11 Å². The van der Waals surface area contributed by atoms with E-state index in [0.717, 1.165) is 5.56 Å². The molecule has 0 unspecified atom stereocenters. The van der Waals surface area contributed by atoms with Crippen LogP contribution in [0.25, 0.3) is 0 Å². The van der Waals surface area contributed by atoms with Gasteiger partial charge in [-0.3, -0.25) is 4.90 Å². The van der Waals surface area contributed by atoms with E-state index in [2.05, 4.69) is 55.3 Å². The third-order valence-electron chi connectivity index (χ3n) is 3.74. The molecule has 0 saturated carbocycles. The van der Waals surface area contributed by atoms with E-state index < -0.39 is 0 Å². The number of hydrogen-bond acceptors (Lipinski definition) is 2. The molecule has 19 heavy (non-hydrogen) atoms. The average molecular weight is 255 g/mol. The van der Waals surface area contributed by atoms with Gasteiger partial charge in [-0.25, -0.2) is 0 Å². The smallest absolute Gasteiger partial charge is 0.0628 e. The Hall–Kier alpha value is -1.64. The Kier molecular flexibility index (Phi) is 4.72. The molecule has 0 spiro atoms. The van der Waals surface area contributed by atoms with Crippen LogP contribution in [0.1, 0.15) is 30.1 Å². The van der Waals surface area contributed by atoms with Crippen LogP contribution in [0, 0.1) is 0 Å². The monoisotopic (exact) mass is 255 g/mol. The molecule has 0 aliphatic carbocycles. The van der Waals surface area contributed by atoms with Gasteiger partial charge in [0.05, 0.1) is 12.6 Å². The van der Waals surface area contributed by atoms with Crippen molar-refractivity contribution in [1.82, 2.24) is 4.90 Å². The molecule has 2 nitrogen and oxygen atoms in total. The van der Waals surface area contributed by atoms with Gasteiger partial charge >= 0.3 is 0 Å². The summed E-state index contributed by atoms with van der Waals surface area (Å²) in [6.45, 7) is 2.29. The minimum absolute atomic E-state index is 0.0245. The van der Waals surface area contributed by atoms with Gasteiger partial charge in [0.1, 0.15) is 0 Å². The van der Waals surface area contributed by atoms with Crippen LogP contribution in [0.15, 0.2) is 60.7 Å². The molecule has 2 atom stereocenters. The summed E-state index contributed by atoms with van der Waals surface area (Å²) in [7, 11) is 2.06. The van der Waals surface area contributed by atoms with Crippen molar-refractivity contribution >= 4 is 0 Å². The van der Waals surface area contributed by atoms with Crippen molar-refractivity contribution in [2.45, 2.75) is 19.0 Å². The average Bonchev–Trinajstić information content (AvgIpc) is 2.49. The molecule has 2 aromatic rings. The van der Waals surface area contributed by atoms with Gasteiger partial charge in [0.25, 0.3) is 0 Å². The van der Waals surface area contributed by atoms with Crippen LogP contribution in [0.5, 0.6) is 0 Å². The van der Waals surface area contributed by atoms with E-state index in [0.29, 0.717) is 0 Å². The van der Waals surface area contributed by atoms with Gasteiger partial charge in [0.15, 0.2) is 0 Å². The highest BCUT2D eigenvalue weighted by Crippen LogP contribution is 2.28. The molecule has 0 radical (unpaired) electrons. The molecular weight excluding hydrogens is 234 g/mol. The van der Waals surface area contributed by atoms with Crippen LogP contribution in [0.2, 0.25) is 0 Å². The highest BCUT2D eigenvalue weighted by molar-refractivity contribution is 5.22. The fraction of sp³-hybridized carbons (Fsp3) is 0.294. The summed E-state index contributed by atoms with van der Waals surface area (Å²) < 4.78 is 0. The van der Waals surface area contributed by atoms with Gasteiger partial charge in [-0.15, -0.1) is 0 Å². The summed E-state index contributed by atoms with van der Waals surface area (Å²) >= 11 is 0. The third kappa shape index (κ3) is 3.22. The lowest BCUT2D eigenvalue weighted by atomic mass is 10.0. The van der Waals surface area contributed by atoms with E-state index in [4.69, 9.17) is 0 Å². The van der Waals surface area contributed by atoms with Crippen molar-refractivity contribution in [3.05, 3.63) is 71.8 Å². The summed E-state index contributed by atoms with van der Waals surface area (Å²) in [6.07, 6.45) is 0. The van der Waals surface area contributed by atoms with Crippen molar-refractivity contribution in [3.8, 4) is 0 Å². The van der Waals surface area contributed by atoms with Crippen LogP contribution >= 0.6 is 0 Å². The molecule has 0 fully saturated rings. The molecule has 100 valence electrons. The first-order valence-electron chi connectivity index (χ1n) is 6.66. The maximum absolute atomic E-state index is 9.70. The first-order chi connectivity index (χ1) is 9.24. The molecule has 0 aliphatic heterocycles. The molecule has 1 N–H and O–H groups in total. The highest BCUT2D eigenvalue weighted by Gasteiger charge is 2.21. The maximum atomic E-state index is 9.70. The van der Waals surface area contributed by atoms with Crippen molar-refractivity contribution < 1.29 is 5.11 Å². The van der Waals surface area contributed by atoms with Crippen molar-refractivity contribution in [3.63, 3.8) is 0 Å². The van der Waals surface area contributed by atoms with Gasteiger partial charge in [0, 0.05) is 6.04 Å². The predicted octanol–water partition coefficient (Wildman–Crippen LogP) is 3.41. The molecule has 0 aliphatic rings. The minimum Gasteiger partial charge on any atom is -0.394 e. The zero-order valence-electron chi connectivity index (χ0n) is 11.5. The van der Waals surface area contributed by atoms with Gasteiger partial charge in [-0.1, -0.05) is 60.7 Å². The zero-order chi connectivity index (χ0) is 13.7. The molecule has 2 heteroatoms. The van der Waals surface area contributed by atoms with Crippen LogP contribution in [0.4, 0.5) is 0 Å². The molecule has 0 amide bonds. The van der Waals surface area contributed by atoms with Crippen molar-refractivity contribution in [2.24, 2.45) is 0 Å². The summed E-state index contributed by atoms with van der Waals surface area (Å²) in [5, 5.41) is 9.70. The summed E-state index contributed by atoms with van der Waals surface area (Å²) in [6, 6.07) is 20.8. The molecule has 0 bridgehead atoms. The van der Waals surface area contributed by atoms with E-state index in [-0.39, 0.29) is 18.7 Å². The highest BCUT2D eigenvalue weighted by atomic mass is 16.3. The normalized spacial score (nSPS) is 14.3. The van der Waals surface area contributed by atoms with Crippen molar-refractivity contribution in [1.29, 1.82) is 0 Å². The number of likely N-dealkylation sites (N-methyl/N-ethyl adjacent to an activating group) is 1. The van der Waals surface area contributed by atoms with E-state index in [1.54, 1.807) is 0 Å².